The van der Waals surface area contributed by atoms with Crippen molar-refractivity contribution in [3.8, 4) is 28.3 Å². The number of hydrogen-bond donors (Lipinski definition) is 0. The van der Waals surface area contributed by atoms with Gasteiger partial charge in [0.25, 0.3) is 0 Å². The highest BCUT2D eigenvalue weighted by Gasteiger charge is 2.08. The summed E-state index contributed by atoms with van der Waals surface area (Å²) in [7, 11) is 0. The highest BCUT2D eigenvalue weighted by Crippen LogP contribution is 2.28. The second-order valence-corrected chi connectivity index (χ2v) is 6.85. The van der Waals surface area contributed by atoms with E-state index in [2.05, 4.69) is 17.1 Å². The molecule has 0 saturated carbocycles. The van der Waals surface area contributed by atoms with Crippen molar-refractivity contribution >= 4 is 17.1 Å². The number of ether oxygens (including phenoxy) is 2. The standard InChI is InChI=1S/C25H23NO4/c1-2-28-24(27)8-5-17-29-21-15-13-19(14-16-21)18-9-11-20(12-10-18)25-26-22-6-3-4-7-23(22)30-25/h3-4,6-7,9-16H,2,5,8,17H2,1H3. The van der Waals surface area contributed by atoms with Crippen LogP contribution in [0, 0.1) is 0 Å². The number of fused-ring (bicyclic) bond motifs is 1. The van der Waals surface area contributed by atoms with Crippen LogP contribution in [0.4, 0.5) is 0 Å². The SMILES string of the molecule is CCOC(=O)CCCOc1ccc(-c2ccc(-c3nc4ccccc4o3)cc2)cc1. The molecule has 0 saturated heterocycles. The second kappa shape index (κ2) is 9.27. The van der Waals surface area contributed by atoms with Gasteiger partial charge >= 0.3 is 5.97 Å². The molecule has 0 fully saturated rings. The Kier molecular flexibility index (Phi) is 6.09. The van der Waals surface area contributed by atoms with Gasteiger partial charge in [-0.3, -0.25) is 4.79 Å². The van der Waals surface area contributed by atoms with E-state index in [1.54, 1.807) is 6.92 Å². The summed E-state index contributed by atoms with van der Waals surface area (Å²) in [6.07, 6.45) is 1.01. The van der Waals surface area contributed by atoms with Gasteiger partial charge in [0.2, 0.25) is 5.89 Å². The van der Waals surface area contributed by atoms with E-state index >= 15 is 0 Å². The largest absolute Gasteiger partial charge is 0.494 e. The van der Waals surface area contributed by atoms with Crippen molar-refractivity contribution in [3.63, 3.8) is 0 Å². The van der Waals surface area contributed by atoms with E-state index in [0.717, 1.165) is 33.5 Å². The molecule has 0 aliphatic carbocycles. The van der Waals surface area contributed by atoms with Crippen molar-refractivity contribution in [2.24, 2.45) is 0 Å². The summed E-state index contributed by atoms with van der Waals surface area (Å²) in [5.74, 6) is 1.22. The molecule has 152 valence electrons. The van der Waals surface area contributed by atoms with E-state index in [1.807, 2.05) is 60.7 Å². The Hall–Kier alpha value is -3.60. The van der Waals surface area contributed by atoms with Crippen molar-refractivity contribution in [1.29, 1.82) is 0 Å². The van der Waals surface area contributed by atoms with Gasteiger partial charge in [0.05, 0.1) is 13.2 Å². The molecule has 4 rings (SSSR count). The average molecular weight is 401 g/mol. The van der Waals surface area contributed by atoms with Crippen molar-refractivity contribution < 1.29 is 18.7 Å². The van der Waals surface area contributed by atoms with Gasteiger partial charge in [-0.05, 0) is 60.9 Å². The zero-order chi connectivity index (χ0) is 20.8. The molecule has 0 spiro atoms. The fourth-order valence-electron chi connectivity index (χ4n) is 3.18. The lowest BCUT2D eigenvalue weighted by atomic mass is 10.0. The number of nitrogens with zero attached hydrogens (tertiary/aromatic N) is 1. The van der Waals surface area contributed by atoms with Gasteiger partial charge in [-0.25, -0.2) is 4.98 Å². The molecule has 3 aromatic carbocycles. The Balaban J connectivity index is 1.36. The van der Waals surface area contributed by atoms with Gasteiger partial charge in [0.15, 0.2) is 5.58 Å². The third-order valence-electron chi connectivity index (χ3n) is 4.71. The summed E-state index contributed by atoms with van der Waals surface area (Å²) >= 11 is 0. The first kappa shape index (κ1) is 19.7. The minimum Gasteiger partial charge on any atom is -0.494 e. The maximum Gasteiger partial charge on any atom is 0.305 e. The van der Waals surface area contributed by atoms with Crippen molar-refractivity contribution in [2.45, 2.75) is 19.8 Å². The molecule has 0 radical (unpaired) electrons. The van der Waals surface area contributed by atoms with Gasteiger partial charge < -0.3 is 13.9 Å². The minimum absolute atomic E-state index is 0.183. The fourth-order valence-corrected chi connectivity index (χ4v) is 3.18. The number of rotatable bonds is 8. The molecular formula is C25H23NO4. The quantitative estimate of drug-likeness (QED) is 0.272. The highest BCUT2D eigenvalue weighted by molar-refractivity contribution is 5.76. The van der Waals surface area contributed by atoms with Gasteiger partial charge in [-0.1, -0.05) is 36.4 Å². The molecule has 0 amide bonds. The molecular weight excluding hydrogens is 378 g/mol. The lowest BCUT2D eigenvalue weighted by Gasteiger charge is -2.08. The van der Waals surface area contributed by atoms with Gasteiger partial charge in [0.1, 0.15) is 11.3 Å². The lowest BCUT2D eigenvalue weighted by molar-refractivity contribution is -0.143. The van der Waals surface area contributed by atoms with E-state index in [-0.39, 0.29) is 5.97 Å². The third kappa shape index (κ3) is 4.69. The van der Waals surface area contributed by atoms with Crippen LogP contribution in [-0.2, 0) is 9.53 Å². The van der Waals surface area contributed by atoms with Crippen LogP contribution in [0.3, 0.4) is 0 Å². The van der Waals surface area contributed by atoms with E-state index in [4.69, 9.17) is 13.9 Å². The zero-order valence-corrected chi connectivity index (χ0v) is 16.8. The second-order valence-electron chi connectivity index (χ2n) is 6.85. The molecule has 1 aromatic heterocycles. The molecule has 0 aliphatic heterocycles. The number of oxazole rings is 1. The number of esters is 1. The highest BCUT2D eigenvalue weighted by atomic mass is 16.5. The van der Waals surface area contributed by atoms with Crippen molar-refractivity contribution in [1.82, 2.24) is 4.98 Å². The Morgan fingerprint density at radius 3 is 2.27 bits per heavy atom. The molecule has 5 nitrogen and oxygen atoms in total. The van der Waals surface area contributed by atoms with E-state index in [0.29, 0.717) is 31.9 Å². The van der Waals surface area contributed by atoms with Crippen LogP contribution >= 0.6 is 0 Å². The van der Waals surface area contributed by atoms with Crippen LogP contribution in [0.2, 0.25) is 0 Å². The third-order valence-corrected chi connectivity index (χ3v) is 4.71. The molecule has 0 bridgehead atoms. The molecule has 0 aliphatic rings. The summed E-state index contributed by atoms with van der Waals surface area (Å²) in [6.45, 7) is 2.70. The van der Waals surface area contributed by atoms with E-state index < -0.39 is 0 Å². The number of benzene rings is 3. The van der Waals surface area contributed by atoms with Gasteiger partial charge in [-0.15, -0.1) is 0 Å². The van der Waals surface area contributed by atoms with E-state index in [1.165, 1.54) is 0 Å². The summed E-state index contributed by atoms with van der Waals surface area (Å²) in [6, 6.07) is 23.8. The molecule has 0 N–H and O–H groups in total. The molecule has 0 unspecified atom stereocenters. The van der Waals surface area contributed by atoms with E-state index in [9.17, 15) is 4.79 Å². The lowest BCUT2D eigenvalue weighted by Crippen LogP contribution is -2.06. The predicted molar refractivity (Wildman–Crippen MR) is 116 cm³/mol. The topological polar surface area (TPSA) is 61.6 Å². The normalized spacial score (nSPS) is 10.8. The summed E-state index contributed by atoms with van der Waals surface area (Å²) in [5.41, 5.74) is 4.78. The zero-order valence-electron chi connectivity index (χ0n) is 16.8. The molecule has 4 aromatic rings. The van der Waals surface area contributed by atoms with Crippen LogP contribution in [0.25, 0.3) is 33.7 Å². The number of hydrogen-bond acceptors (Lipinski definition) is 5. The van der Waals surface area contributed by atoms with Gasteiger partial charge in [-0.2, -0.15) is 0 Å². The average Bonchev–Trinajstić information content (AvgIpc) is 3.22. The summed E-state index contributed by atoms with van der Waals surface area (Å²) in [5, 5.41) is 0. The maximum absolute atomic E-state index is 11.3. The Labute approximate surface area is 175 Å². The minimum atomic E-state index is -0.183. The molecule has 5 heteroatoms. The first-order valence-corrected chi connectivity index (χ1v) is 10.1. The summed E-state index contributed by atoms with van der Waals surface area (Å²) in [4.78, 5) is 15.9. The molecule has 0 atom stereocenters. The first-order valence-electron chi connectivity index (χ1n) is 10.1. The first-order chi connectivity index (χ1) is 14.7. The summed E-state index contributed by atoms with van der Waals surface area (Å²) < 4.78 is 16.4. The fraction of sp³-hybridized carbons (Fsp3) is 0.200. The van der Waals surface area contributed by atoms with Crippen LogP contribution in [0.1, 0.15) is 19.8 Å². The van der Waals surface area contributed by atoms with Crippen LogP contribution < -0.4 is 4.74 Å². The maximum atomic E-state index is 11.3. The number of para-hydroxylation sites is 2. The monoisotopic (exact) mass is 401 g/mol. The number of carbonyl (C=O) groups is 1. The Bertz CT molecular complexity index is 1080. The van der Waals surface area contributed by atoms with Crippen LogP contribution in [0.5, 0.6) is 5.75 Å². The molecule has 1 heterocycles. The smallest absolute Gasteiger partial charge is 0.305 e. The van der Waals surface area contributed by atoms with Crippen molar-refractivity contribution in [2.75, 3.05) is 13.2 Å². The molecule has 30 heavy (non-hydrogen) atoms. The van der Waals surface area contributed by atoms with Crippen LogP contribution in [-0.4, -0.2) is 24.2 Å². The van der Waals surface area contributed by atoms with Crippen LogP contribution in [0.15, 0.2) is 77.2 Å². The Morgan fingerprint density at radius 1 is 0.900 bits per heavy atom. The van der Waals surface area contributed by atoms with Gasteiger partial charge in [0, 0.05) is 12.0 Å². The number of aromatic nitrogens is 1. The number of carbonyl (C=O) groups excluding carboxylic acids is 1. The Morgan fingerprint density at radius 2 is 1.57 bits per heavy atom. The van der Waals surface area contributed by atoms with Crippen molar-refractivity contribution in [3.05, 3.63) is 72.8 Å². The predicted octanol–water partition coefficient (Wildman–Crippen LogP) is 5.88.